The average molecular weight is 341 g/mol. The third kappa shape index (κ3) is 5.14. The molecule has 0 saturated carbocycles. The van der Waals surface area contributed by atoms with E-state index in [1.54, 1.807) is 12.1 Å². The van der Waals surface area contributed by atoms with Gasteiger partial charge in [0.2, 0.25) is 0 Å². The molecule has 2 aromatic carbocycles. The van der Waals surface area contributed by atoms with E-state index in [2.05, 4.69) is 26.1 Å². The predicted octanol–water partition coefficient (Wildman–Crippen LogP) is 3.65. The number of nitrogens with one attached hydrogen (secondary N) is 1. The summed E-state index contributed by atoms with van der Waals surface area (Å²) >= 11 is 0. The van der Waals surface area contributed by atoms with Crippen molar-refractivity contribution in [3.05, 3.63) is 48.0 Å². The van der Waals surface area contributed by atoms with Crippen molar-refractivity contribution in [3.8, 4) is 5.75 Å². The van der Waals surface area contributed by atoms with Gasteiger partial charge in [0.25, 0.3) is 5.91 Å². The fourth-order valence-electron chi connectivity index (χ4n) is 2.43. The number of anilines is 3. The van der Waals surface area contributed by atoms with Crippen LogP contribution in [-0.4, -0.2) is 26.6 Å². The van der Waals surface area contributed by atoms with Gasteiger partial charge < -0.3 is 20.7 Å². The molecule has 0 aliphatic heterocycles. The SMILES string of the molecule is CN(C)c1ccc(N)cc1NC(=O)COc1ccc(C(C)(C)C)cc1. The van der Waals surface area contributed by atoms with Crippen molar-refractivity contribution in [3.63, 3.8) is 0 Å². The van der Waals surface area contributed by atoms with Crippen molar-refractivity contribution in [2.24, 2.45) is 0 Å². The number of nitrogens with zero attached hydrogens (tertiary/aromatic N) is 1. The van der Waals surface area contributed by atoms with Gasteiger partial charge in [0.05, 0.1) is 11.4 Å². The summed E-state index contributed by atoms with van der Waals surface area (Å²) in [5, 5.41) is 2.85. The molecule has 0 aliphatic carbocycles. The molecule has 0 radical (unpaired) electrons. The highest BCUT2D eigenvalue weighted by molar-refractivity contribution is 5.96. The first kappa shape index (κ1) is 18.6. The van der Waals surface area contributed by atoms with Crippen LogP contribution in [0.3, 0.4) is 0 Å². The van der Waals surface area contributed by atoms with Crippen LogP contribution in [0.5, 0.6) is 5.75 Å². The van der Waals surface area contributed by atoms with Gasteiger partial charge in [-0.1, -0.05) is 32.9 Å². The van der Waals surface area contributed by atoms with Crippen LogP contribution in [0.1, 0.15) is 26.3 Å². The number of amides is 1. The molecule has 134 valence electrons. The molecule has 5 nitrogen and oxygen atoms in total. The maximum Gasteiger partial charge on any atom is 0.262 e. The van der Waals surface area contributed by atoms with E-state index < -0.39 is 0 Å². The fourth-order valence-corrected chi connectivity index (χ4v) is 2.43. The summed E-state index contributed by atoms with van der Waals surface area (Å²) < 4.78 is 5.58. The van der Waals surface area contributed by atoms with Gasteiger partial charge in [-0.25, -0.2) is 0 Å². The van der Waals surface area contributed by atoms with Gasteiger partial charge in [-0.2, -0.15) is 0 Å². The largest absolute Gasteiger partial charge is 0.484 e. The minimum atomic E-state index is -0.228. The summed E-state index contributed by atoms with van der Waals surface area (Å²) in [7, 11) is 3.82. The monoisotopic (exact) mass is 341 g/mol. The van der Waals surface area contributed by atoms with E-state index in [0.29, 0.717) is 17.1 Å². The van der Waals surface area contributed by atoms with E-state index in [9.17, 15) is 4.79 Å². The van der Waals surface area contributed by atoms with Crippen LogP contribution in [0.4, 0.5) is 17.1 Å². The van der Waals surface area contributed by atoms with Gasteiger partial charge in [-0.15, -0.1) is 0 Å². The molecule has 1 amide bonds. The van der Waals surface area contributed by atoms with Gasteiger partial charge in [0, 0.05) is 19.8 Å². The molecule has 0 unspecified atom stereocenters. The van der Waals surface area contributed by atoms with Crippen LogP contribution >= 0.6 is 0 Å². The molecule has 2 rings (SSSR count). The highest BCUT2D eigenvalue weighted by Crippen LogP contribution is 2.27. The zero-order valence-electron chi connectivity index (χ0n) is 15.6. The molecule has 0 heterocycles. The number of carbonyl (C=O) groups excluding carboxylic acids is 1. The normalized spacial score (nSPS) is 11.1. The second kappa shape index (κ2) is 7.47. The number of hydrogen-bond acceptors (Lipinski definition) is 4. The predicted molar refractivity (Wildman–Crippen MR) is 104 cm³/mol. The summed E-state index contributed by atoms with van der Waals surface area (Å²) in [4.78, 5) is 14.1. The van der Waals surface area contributed by atoms with Crippen molar-refractivity contribution < 1.29 is 9.53 Å². The maximum atomic E-state index is 12.2. The number of benzene rings is 2. The standard InChI is InChI=1S/C20H27N3O2/c1-20(2,3)14-6-9-16(10-7-14)25-13-19(24)22-17-12-15(21)8-11-18(17)23(4)5/h6-12H,13,21H2,1-5H3,(H,22,24). The number of rotatable bonds is 5. The molecule has 3 N–H and O–H groups in total. The van der Waals surface area contributed by atoms with Crippen LogP contribution in [0.2, 0.25) is 0 Å². The van der Waals surface area contributed by atoms with E-state index in [4.69, 9.17) is 10.5 Å². The molecular weight excluding hydrogens is 314 g/mol. The second-order valence-corrected chi connectivity index (χ2v) is 7.28. The van der Waals surface area contributed by atoms with E-state index in [1.165, 1.54) is 5.56 Å². The van der Waals surface area contributed by atoms with Crippen molar-refractivity contribution >= 4 is 23.0 Å². The van der Waals surface area contributed by atoms with Crippen LogP contribution < -0.4 is 20.7 Å². The molecule has 0 aromatic heterocycles. The van der Waals surface area contributed by atoms with Gasteiger partial charge >= 0.3 is 0 Å². The summed E-state index contributed by atoms with van der Waals surface area (Å²) in [5.74, 6) is 0.442. The highest BCUT2D eigenvalue weighted by Gasteiger charge is 2.13. The van der Waals surface area contributed by atoms with E-state index in [0.717, 1.165) is 5.69 Å². The Morgan fingerprint density at radius 3 is 2.32 bits per heavy atom. The van der Waals surface area contributed by atoms with Gasteiger partial charge in [-0.3, -0.25) is 4.79 Å². The van der Waals surface area contributed by atoms with Crippen molar-refractivity contribution in [1.29, 1.82) is 0 Å². The van der Waals surface area contributed by atoms with Crippen LogP contribution in [0, 0.1) is 0 Å². The molecule has 0 aliphatic rings. The summed E-state index contributed by atoms with van der Waals surface area (Å²) in [6, 6.07) is 13.2. The number of nitrogen functional groups attached to an aromatic ring is 1. The molecule has 5 heteroatoms. The first-order valence-electron chi connectivity index (χ1n) is 8.27. The van der Waals surface area contributed by atoms with Crippen molar-refractivity contribution in [2.75, 3.05) is 36.7 Å². The molecule has 25 heavy (non-hydrogen) atoms. The quantitative estimate of drug-likeness (QED) is 0.815. The Bertz CT molecular complexity index is 732. The number of nitrogens with two attached hydrogens (primary N) is 1. The summed E-state index contributed by atoms with van der Waals surface area (Å²) in [5.41, 5.74) is 9.28. The van der Waals surface area contributed by atoms with Gasteiger partial charge in [0.1, 0.15) is 5.75 Å². The van der Waals surface area contributed by atoms with E-state index in [-0.39, 0.29) is 17.9 Å². The van der Waals surface area contributed by atoms with E-state index in [1.807, 2.05) is 49.3 Å². The molecule has 0 spiro atoms. The smallest absolute Gasteiger partial charge is 0.262 e. The summed E-state index contributed by atoms with van der Waals surface area (Å²) in [6.07, 6.45) is 0. The lowest BCUT2D eigenvalue weighted by atomic mass is 9.87. The highest BCUT2D eigenvalue weighted by atomic mass is 16.5. The lowest BCUT2D eigenvalue weighted by Crippen LogP contribution is -2.22. The second-order valence-electron chi connectivity index (χ2n) is 7.28. The van der Waals surface area contributed by atoms with Crippen molar-refractivity contribution in [1.82, 2.24) is 0 Å². The minimum Gasteiger partial charge on any atom is -0.484 e. The fraction of sp³-hybridized carbons (Fsp3) is 0.350. The van der Waals surface area contributed by atoms with Crippen molar-refractivity contribution in [2.45, 2.75) is 26.2 Å². The Morgan fingerprint density at radius 1 is 1.12 bits per heavy atom. The molecular formula is C20H27N3O2. The Kier molecular flexibility index (Phi) is 5.57. The zero-order valence-corrected chi connectivity index (χ0v) is 15.6. The first-order chi connectivity index (χ1) is 11.7. The third-order valence-electron chi connectivity index (χ3n) is 3.87. The van der Waals surface area contributed by atoms with Gasteiger partial charge in [-0.05, 0) is 41.3 Å². The van der Waals surface area contributed by atoms with Crippen LogP contribution in [0.25, 0.3) is 0 Å². The van der Waals surface area contributed by atoms with Crippen LogP contribution in [0.15, 0.2) is 42.5 Å². The molecule has 0 saturated heterocycles. The number of ether oxygens (including phenoxy) is 1. The molecule has 0 fully saturated rings. The topological polar surface area (TPSA) is 67.6 Å². The average Bonchev–Trinajstić information content (AvgIpc) is 2.52. The van der Waals surface area contributed by atoms with Crippen LogP contribution in [-0.2, 0) is 10.2 Å². The summed E-state index contributed by atoms with van der Waals surface area (Å²) in [6.45, 7) is 6.41. The molecule has 2 aromatic rings. The van der Waals surface area contributed by atoms with Gasteiger partial charge in [0.15, 0.2) is 6.61 Å². The number of carbonyl (C=O) groups is 1. The minimum absolute atomic E-state index is 0.0590. The Hall–Kier alpha value is -2.69. The Balaban J connectivity index is 1.98. The lowest BCUT2D eigenvalue weighted by Gasteiger charge is -2.19. The third-order valence-corrected chi connectivity index (χ3v) is 3.87. The zero-order chi connectivity index (χ0) is 18.6. The Morgan fingerprint density at radius 2 is 1.76 bits per heavy atom. The maximum absolute atomic E-state index is 12.2. The Labute approximate surface area is 149 Å². The first-order valence-corrected chi connectivity index (χ1v) is 8.27. The molecule has 0 bridgehead atoms. The molecule has 0 atom stereocenters. The van der Waals surface area contributed by atoms with E-state index >= 15 is 0 Å². The number of hydrogen-bond donors (Lipinski definition) is 2. The lowest BCUT2D eigenvalue weighted by molar-refractivity contribution is -0.118.